The number of ether oxygens (including phenoxy) is 1. The van der Waals surface area contributed by atoms with E-state index in [1.54, 1.807) is 0 Å². The molecular formula is C29H41N5O. The number of pyridine rings is 1. The molecule has 1 aromatic carbocycles. The molecule has 0 amide bonds. The van der Waals surface area contributed by atoms with Crippen LogP contribution in [0.4, 0.5) is 5.69 Å². The van der Waals surface area contributed by atoms with Crippen LogP contribution in [0.1, 0.15) is 31.7 Å². The zero-order valence-corrected chi connectivity index (χ0v) is 21.9. The molecule has 2 fully saturated rings. The maximum absolute atomic E-state index is 5.49. The van der Waals surface area contributed by atoms with Crippen molar-refractivity contribution >= 4 is 16.6 Å². The van der Waals surface area contributed by atoms with Gasteiger partial charge >= 0.3 is 0 Å². The van der Waals surface area contributed by atoms with Gasteiger partial charge in [0.05, 0.1) is 24.4 Å². The van der Waals surface area contributed by atoms with Gasteiger partial charge in [-0.1, -0.05) is 26.0 Å². The highest BCUT2D eigenvalue weighted by atomic mass is 16.5. The largest absolute Gasteiger partial charge is 0.379 e. The number of aromatic nitrogens is 2. The minimum atomic E-state index is 0.535. The molecule has 35 heavy (non-hydrogen) atoms. The number of anilines is 1. The van der Waals surface area contributed by atoms with Crippen LogP contribution < -0.4 is 10.2 Å². The first kappa shape index (κ1) is 24.3. The number of hydrogen-bond donors (Lipinski definition) is 1. The average molecular weight is 476 g/mol. The van der Waals surface area contributed by atoms with E-state index >= 15 is 0 Å². The van der Waals surface area contributed by atoms with Gasteiger partial charge in [-0.05, 0) is 56.5 Å². The summed E-state index contributed by atoms with van der Waals surface area (Å²) in [6.45, 7) is 14.9. The number of rotatable bonds is 7. The zero-order chi connectivity index (χ0) is 24.4. The molecule has 5 rings (SSSR count). The summed E-state index contributed by atoms with van der Waals surface area (Å²) in [4.78, 5) is 10.1. The molecule has 0 bridgehead atoms. The summed E-state index contributed by atoms with van der Waals surface area (Å²) in [6, 6.07) is 14.2. The Labute approximate surface area is 210 Å². The van der Waals surface area contributed by atoms with Gasteiger partial charge in [0.25, 0.3) is 0 Å². The first-order valence-electron chi connectivity index (χ1n) is 13.3. The molecule has 4 heterocycles. The summed E-state index contributed by atoms with van der Waals surface area (Å²) in [5.41, 5.74) is 7.35. The number of piperazine rings is 1. The molecule has 1 atom stereocenters. The molecule has 1 N–H and O–H groups in total. The molecule has 0 saturated carbocycles. The number of morpholine rings is 1. The third kappa shape index (κ3) is 5.25. The lowest BCUT2D eigenvalue weighted by Crippen LogP contribution is -2.53. The van der Waals surface area contributed by atoms with Crippen LogP contribution in [0.3, 0.4) is 0 Å². The van der Waals surface area contributed by atoms with Gasteiger partial charge in [-0.2, -0.15) is 0 Å². The predicted octanol–water partition coefficient (Wildman–Crippen LogP) is 4.25. The van der Waals surface area contributed by atoms with Crippen molar-refractivity contribution in [3.63, 3.8) is 0 Å². The summed E-state index contributed by atoms with van der Waals surface area (Å²) in [5, 5.41) is 4.82. The van der Waals surface area contributed by atoms with Gasteiger partial charge in [-0.15, -0.1) is 0 Å². The van der Waals surface area contributed by atoms with Crippen molar-refractivity contribution in [2.24, 2.45) is 13.0 Å². The normalized spacial score (nSPS) is 19.7. The molecule has 0 spiro atoms. The van der Waals surface area contributed by atoms with Gasteiger partial charge in [0, 0.05) is 73.8 Å². The standard InChI is InChI=1S/C29H41N5O/c1-21(2)28-20-30-11-13-34(28)24-9-7-23(8-10-24)29-26-19-25(32(4)27(26)18-22(3)31-29)6-5-12-33-14-16-35-17-15-33/h7-10,18-19,21,28,30H,5-6,11-17,20H2,1-4H3. The Bertz CT molecular complexity index is 1130. The Hall–Kier alpha value is -2.41. The van der Waals surface area contributed by atoms with Crippen LogP contribution in [0, 0.1) is 12.8 Å². The molecule has 2 aliphatic heterocycles. The minimum Gasteiger partial charge on any atom is -0.379 e. The molecule has 2 aliphatic rings. The number of hydrogen-bond acceptors (Lipinski definition) is 5. The van der Waals surface area contributed by atoms with Crippen LogP contribution >= 0.6 is 0 Å². The fourth-order valence-corrected chi connectivity index (χ4v) is 5.72. The van der Waals surface area contributed by atoms with Crippen LogP contribution in [0.15, 0.2) is 36.4 Å². The highest BCUT2D eigenvalue weighted by Crippen LogP contribution is 2.32. The summed E-state index contributed by atoms with van der Waals surface area (Å²) >= 11 is 0. The molecule has 2 aromatic heterocycles. The van der Waals surface area contributed by atoms with E-state index in [4.69, 9.17) is 9.72 Å². The Morgan fingerprint density at radius 3 is 2.60 bits per heavy atom. The molecule has 0 radical (unpaired) electrons. The van der Waals surface area contributed by atoms with E-state index in [1.807, 2.05) is 0 Å². The second-order valence-electron chi connectivity index (χ2n) is 10.6. The lowest BCUT2D eigenvalue weighted by molar-refractivity contribution is 0.0374. The molecule has 3 aromatic rings. The number of nitrogens with zero attached hydrogens (tertiary/aromatic N) is 4. The van der Waals surface area contributed by atoms with Crippen molar-refractivity contribution in [1.29, 1.82) is 0 Å². The third-order valence-corrected chi connectivity index (χ3v) is 7.80. The monoisotopic (exact) mass is 475 g/mol. The SMILES string of the molecule is Cc1cc2c(cc(CCCN3CCOCC3)n2C)c(-c2ccc(N3CCNCC3C(C)C)cc2)n1. The van der Waals surface area contributed by atoms with Gasteiger partial charge in [0.15, 0.2) is 0 Å². The highest BCUT2D eigenvalue weighted by Gasteiger charge is 2.25. The minimum absolute atomic E-state index is 0.535. The van der Waals surface area contributed by atoms with E-state index in [1.165, 1.54) is 34.3 Å². The molecule has 188 valence electrons. The number of aryl methyl sites for hydroxylation is 3. The highest BCUT2D eigenvalue weighted by molar-refractivity contribution is 5.94. The summed E-state index contributed by atoms with van der Waals surface area (Å²) in [5.74, 6) is 0.617. The fourth-order valence-electron chi connectivity index (χ4n) is 5.72. The van der Waals surface area contributed by atoms with Crippen molar-refractivity contribution in [1.82, 2.24) is 19.8 Å². The maximum Gasteiger partial charge on any atom is 0.0799 e. The van der Waals surface area contributed by atoms with Crippen molar-refractivity contribution < 1.29 is 4.74 Å². The van der Waals surface area contributed by atoms with Crippen LogP contribution in [-0.2, 0) is 18.2 Å². The second kappa shape index (κ2) is 10.7. The quantitative estimate of drug-likeness (QED) is 0.554. The van der Waals surface area contributed by atoms with E-state index in [0.29, 0.717) is 12.0 Å². The van der Waals surface area contributed by atoms with Crippen molar-refractivity contribution in [2.75, 3.05) is 57.4 Å². The van der Waals surface area contributed by atoms with E-state index in [-0.39, 0.29) is 0 Å². The lowest BCUT2D eigenvalue weighted by atomic mass is 9.99. The number of fused-ring (bicyclic) bond motifs is 1. The third-order valence-electron chi connectivity index (χ3n) is 7.80. The molecule has 0 aliphatic carbocycles. The smallest absolute Gasteiger partial charge is 0.0799 e. The van der Waals surface area contributed by atoms with Crippen molar-refractivity contribution in [2.45, 2.75) is 39.7 Å². The zero-order valence-electron chi connectivity index (χ0n) is 21.9. The number of nitrogens with one attached hydrogen (secondary N) is 1. The van der Waals surface area contributed by atoms with Crippen LogP contribution in [0.2, 0.25) is 0 Å². The second-order valence-corrected chi connectivity index (χ2v) is 10.6. The number of benzene rings is 1. The van der Waals surface area contributed by atoms with Gasteiger partial charge in [0.2, 0.25) is 0 Å². The maximum atomic E-state index is 5.49. The van der Waals surface area contributed by atoms with Crippen molar-refractivity contribution in [3.05, 3.63) is 47.8 Å². The molecule has 6 heteroatoms. The van der Waals surface area contributed by atoms with Crippen molar-refractivity contribution in [3.8, 4) is 11.3 Å². The fraction of sp³-hybridized carbons (Fsp3) is 0.552. The molecule has 1 unspecified atom stereocenters. The predicted molar refractivity (Wildman–Crippen MR) is 145 cm³/mol. The first-order valence-corrected chi connectivity index (χ1v) is 13.3. The van der Waals surface area contributed by atoms with E-state index in [0.717, 1.165) is 70.3 Å². The Balaban J connectivity index is 1.38. The van der Waals surface area contributed by atoms with E-state index in [9.17, 15) is 0 Å². The average Bonchev–Trinajstić information content (AvgIpc) is 3.19. The van der Waals surface area contributed by atoms with Gasteiger partial charge in [-0.25, -0.2) is 0 Å². The van der Waals surface area contributed by atoms with E-state index < -0.39 is 0 Å². The van der Waals surface area contributed by atoms with Crippen LogP contribution in [-0.4, -0.2) is 73.0 Å². The first-order chi connectivity index (χ1) is 17.0. The summed E-state index contributed by atoms with van der Waals surface area (Å²) < 4.78 is 7.86. The summed E-state index contributed by atoms with van der Waals surface area (Å²) in [7, 11) is 2.20. The van der Waals surface area contributed by atoms with Gasteiger partial charge < -0.3 is 19.5 Å². The summed E-state index contributed by atoms with van der Waals surface area (Å²) in [6.07, 6.45) is 2.25. The van der Waals surface area contributed by atoms with Gasteiger partial charge in [-0.3, -0.25) is 9.88 Å². The van der Waals surface area contributed by atoms with E-state index in [2.05, 4.69) is 83.9 Å². The molecular weight excluding hydrogens is 434 g/mol. The Kier molecular flexibility index (Phi) is 7.42. The van der Waals surface area contributed by atoms with Gasteiger partial charge in [0.1, 0.15) is 0 Å². The lowest BCUT2D eigenvalue weighted by Gasteiger charge is -2.40. The van der Waals surface area contributed by atoms with Crippen LogP contribution in [0.5, 0.6) is 0 Å². The molecule has 2 saturated heterocycles. The Morgan fingerprint density at radius 1 is 1.09 bits per heavy atom. The van der Waals surface area contributed by atoms with Crippen LogP contribution in [0.25, 0.3) is 22.2 Å². The topological polar surface area (TPSA) is 45.6 Å². The Morgan fingerprint density at radius 2 is 1.86 bits per heavy atom. The molecule has 6 nitrogen and oxygen atoms in total.